The summed E-state index contributed by atoms with van der Waals surface area (Å²) in [4.78, 5) is 12.2. The summed E-state index contributed by atoms with van der Waals surface area (Å²) in [5, 5.41) is 2.49. The molecule has 1 N–H and O–H groups in total. The molecule has 1 aliphatic rings. The van der Waals surface area contributed by atoms with Crippen LogP contribution in [0.2, 0.25) is 0 Å². The van der Waals surface area contributed by atoms with Crippen molar-refractivity contribution in [3.63, 3.8) is 0 Å². The second kappa shape index (κ2) is 3.85. The largest absolute Gasteiger partial charge is 0.390 e. The third-order valence-electron chi connectivity index (χ3n) is 1.83. The monoisotopic (exact) mass is 196 g/mol. The van der Waals surface area contributed by atoms with Crippen molar-refractivity contribution in [1.82, 2.24) is 10.2 Å². The lowest BCUT2D eigenvalue weighted by atomic mass is 10.3. The Hall–Kier alpha value is -0.940. The van der Waals surface area contributed by atoms with E-state index in [1.165, 1.54) is 4.90 Å². The minimum Gasteiger partial charge on any atom is -0.338 e. The number of halogens is 3. The molecule has 1 saturated heterocycles. The zero-order chi connectivity index (χ0) is 9.90. The lowest BCUT2D eigenvalue weighted by Crippen LogP contribution is -2.47. The predicted molar refractivity (Wildman–Crippen MR) is 40.3 cm³/mol. The Morgan fingerprint density at radius 2 is 2.15 bits per heavy atom. The van der Waals surface area contributed by atoms with Crippen molar-refractivity contribution in [2.24, 2.45) is 0 Å². The van der Waals surface area contributed by atoms with Gasteiger partial charge in [-0.25, -0.2) is 4.79 Å². The molecule has 0 aromatic rings. The van der Waals surface area contributed by atoms with Crippen molar-refractivity contribution in [1.29, 1.82) is 0 Å². The van der Waals surface area contributed by atoms with Crippen LogP contribution in [0, 0.1) is 0 Å². The molecule has 0 saturated carbocycles. The molecule has 1 rings (SSSR count). The van der Waals surface area contributed by atoms with Crippen molar-refractivity contribution >= 4 is 6.03 Å². The summed E-state index contributed by atoms with van der Waals surface area (Å²) in [5.74, 6) is 0. The van der Waals surface area contributed by atoms with Gasteiger partial charge in [0.2, 0.25) is 0 Å². The van der Waals surface area contributed by atoms with Crippen LogP contribution in [-0.4, -0.2) is 36.7 Å². The molecule has 0 atom stereocenters. The highest BCUT2D eigenvalue weighted by atomic mass is 19.4. The number of carbonyl (C=O) groups is 1. The zero-order valence-corrected chi connectivity index (χ0v) is 7.02. The first-order valence-electron chi connectivity index (χ1n) is 4.08. The van der Waals surface area contributed by atoms with Crippen LogP contribution in [0.15, 0.2) is 0 Å². The maximum atomic E-state index is 11.8. The first kappa shape index (κ1) is 10.1. The Kier molecular flexibility index (Phi) is 3.00. The molecule has 76 valence electrons. The maximum Gasteiger partial charge on any atom is 0.390 e. The molecule has 0 unspecified atom stereocenters. The van der Waals surface area contributed by atoms with Gasteiger partial charge in [0.15, 0.2) is 0 Å². The van der Waals surface area contributed by atoms with Crippen molar-refractivity contribution in [2.75, 3.05) is 19.6 Å². The molecule has 0 aromatic heterocycles. The molecule has 0 aliphatic carbocycles. The minimum absolute atomic E-state index is 0.241. The van der Waals surface area contributed by atoms with E-state index in [1.807, 2.05) is 0 Å². The van der Waals surface area contributed by atoms with Crippen molar-refractivity contribution in [3.8, 4) is 0 Å². The maximum absolute atomic E-state index is 11.8. The van der Waals surface area contributed by atoms with Crippen molar-refractivity contribution < 1.29 is 18.0 Å². The average molecular weight is 196 g/mol. The SMILES string of the molecule is O=C1NCCCN1CCC(F)(F)F. The van der Waals surface area contributed by atoms with Gasteiger partial charge in [-0.15, -0.1) is 0 Å². The number of amides is 2. The highest BCUT2D eigenvalue weighted by Gasteiger charge is 2.29. The van der Waals surface area contributed by atoms with E-state index in [9.17, 15) is 18.0 Å². The fourth-order valence-corrected chi connectivity index (χ4v) is 1.15. The second-order valence-electron chi connectivity index (χ2n) is 2.94. The average Bonchev–Trinajstić information content (AvgIpc) is 2.01. The van der Waals surface area contributed by atoms with Crippen LogP contribution in [0.1, 0.15) is 12.8 Å². The molecule has 0 aromatic carbocycles. The predicted octanol–water partition coefficient (Wildman–Crippen LogP) is 1.35. The van der Waals surface area contributed by atoms with E-state index in [-0.39, 0.29) is 6.54 Å². The molecule has 0 bridgehead atoms. The minimum atomic E-state index is -4.18. The topological polar surface area (TPSA) is 32.3 Å². The Labute approximate surface area is 73.9 Å². The third-order valence-corrected chi connectivity index (χ3v) is 1.83. The zero-order valence-electron chi connectivity index (χ0n) is 7.02. The van der Waals surface area contributed by atoms with E-state index in [0.29, 0.717) is 19.5 Å². The van der Waals surface area contributed by atoms with E-state index < -0.39 is 18.6 Å². The summed E-state index contributed by atoms with van der Waals surface area (Å²) < 4.78 is 35.3. The number of hydrogen-bond donors (Lipinski definition) is 1. The lowest BCUT2D eigenvalue weighted by molar-refractivity contribution is -0.136. The first-order chi connectivity index (χ1) is 5.99. The number of rotatable bonds is 2. The van der Waals surface area contributed by atoms with Crippen molar-refractivity contribution in [3.05, 3.63) is 0 Å². The van der Waals surface area contributed by atoms with Gasteiger partial charge in [-0.2, -0.15) is 13.2 Å². The normalized spacial score (nSPS) is 18.7. The lowest BCUT2D eigenvalue weighted by Gasteiger charge is -2.27. The summed E-state index contributed by atoms with van der Waals surface area (Å²) in [7, 11) is 0. The quantitative estimate of drug-likeness (QED) is 0.710. The number of alkyl halides is 3. The Bertz CT molecular complexity index is 193. The van der Waals surface area contributed by atoms with E-state index in [1.54, 1.807) is 0 Å². The third kappa shape index (κ3) is 3.52. The molecule has 1 heterocycles. The van der Waals surface area contributed by atoms with Crippen LogP contribution in [-0.2, 0) is 0 Å². The molecule has 0 spiro atoms. The molecular weight excluding hydrogens is 185 g/mol. The van der Waals surface area contributed by atoms with Crippen LogP contribution < -0.4 is 5.32 Å². The van der Waals surface area contributed by atoms with Crippen LogP contribution in [0.3, 0.4) is 0 Å². The first-order valence-corrected chi connectivity index (χ1v) is 4.08. The van der Waals surface area contributed by atoms with Gasteiger partial charge in [0.1, 0.15) is 0 Å². The van der Waals surface area contributed by atoms with E-state index in [0.717, 1.165) is 0 Å². The Morgan fingerprint density at radius 1 is 1.46 bits per heavy atom. The molecule has 2 amide bonds. The van der Waals surface area contributed by atoms with Gasteiger partial charge in [-0.1, -0.05) is 0 Å². The van der Waals surface area contributed by atoms with Crippen LogP contribution >= 0.6 is 0 Å². The highest BCUT2D eigenvalue weighted by molar-refractivity contribution is 5.74. The number of carbonyl (C=O) groups excluding carboxylic acids is 1. The molecule has 13 heavy (non-hydrogen) atoms. The van der Waals surface area contributed by atoms with Gasteiger partial charge in [0.05, 0.1) is 6.42 Å². The van der Waals surface area contributed by atoms with E-state index in [4.69, 9.17) is 0 Å². The van der Waals surface area contributed by atoms with Gasteiger partial charge in [-0.05, 0) is 6.42 Å². The summed E-state index contributed by atoms with van der Waals surface area (Å²) in [5.41, 5.74) is 0. The van der Waals surface area contributed by atoms with Crippen LogP contribution in [0.4, 0.5) is 18.0 Å². The van der Waals surface area contributed by atoms with Crippen molar-refractivity contribution in [2.45, 2.75) is 19.0 Å². The molecular formula is C7H11F3N2O. The van der Waals surface area contributed by atoms with Crippen LogP contribution in [0.5, 0.6) is 0 Å². The summed E-state index contributed by atoms with van der Waals surface area (Å²) in [6.45, 7) is 0.735. The summed E-state index contributed by atoms with van der Waals surface area (Å²) >= 11 is 0. The van der Waals surface area contributed by atoms with E-state index >= 15 is 0 Å². The Morgan fingerprint density at radius 3 is 2.69 bits per heavy atom. The Balaban J connectivity index is 2.31. The van der Waals surface area contributed by atoms with Gasteiger partial charge < -0.3 is 10.2 Å². The number of urea groups is 1. The highest BCUT2D eigenvalue weighted by Crippen LogP contribution is 2.20. The van der Waals surface area contributed by atoms with Gasteiger partial charge >= 0.3 is 12.2 Å². The number of hydrogen-bond acceptors (Lipinski definition) is 1. The van der Waals surface area contributed by atoms with E-state index in [2.05, 4.69) is 5.32 Å². The molecule has 3 nitrogen and oxygen atoms in total. The standard InChI is InChI=1S/C7H11F3N2O/c8-7(9,10)2-5-12-4-1-3-11-6(12)13/h1-5H2,(H,11,13). The molecule has 0 radical (unpaired) electrons. The summed E-state index contributed by atoms with van der Waals surface area (Å²) in [6.07, 6.45) is -4.40. The fourth-order valence-electron chi connectivity index (χ4n) is 1.15. The number of nitrogens with zero attached hydrogens (tertiary/aromatic N) is 1. The smallest absolute Gasteiger partial charge is 0.338 e. The van der Waals surface area contributed by atoms with Gasteiger partial charge in [-0.3, -0.25) is 0 Å². The molecule has 6 heteroatoms. The van der Waals surface area contributed by atoms with Crippen LogP contribution in [0.25, 0.3) is 0 Å². The second-order valence-corrected chi connectivity index (χ2v) is 2.94. The molecule has 1 fully saturated rings. The fraction of sp³-hybridized carbons (Fsp3) is 0.857. The van der Waals surface area contributed by atoms with Gasteiger partial charge in [0.25, 0.3) is 0 Å². The van der Waals surface area contributed by atoms with Gasteiger partial charge in [0, 0.05) is 19.6 Å². The molecule has 1 aliphatic heterocycles. The number of nitrogens with one attached hydrogen (secondary N) is 1. The summed E-state index contributed by atoms with van der Waals surface area (Å²) in [6, 6.07) is -0.393.